The third-order valence-electron chi connectivity index (χ3n) is 4.03. The molecule has 3 rings (SSSR count). The van der Waals surface area contributed by atoms with Crippen molar-refractivity contribution >= 4 is 0 Å². The van der Waals surface area contributed by atoms with Crippen molar-refractivity contribution in [1.29, 1.82) is 0 Å². The van der Waals surface area contributed by atoms with Crippen LogP contribution in [0.2, 0.25) is 0 Å². The van der Waals surface area contributed by atoms with E-state index < -0.39 is 0 Å². The Balaban J connectivity index is 1.94. The van der Waals surface area contributed by atoms with Crippen LogP contribution >= 0.6 is 0 Å². The predicted molar refractivity (Wildman–Crippen MR) is 79.0 cm³/mol. The monoisotopic (exact) mass is 252 g/mol. The van der Waals surface area contributed by atoms with Gasteiger partial charge in [0, 0.05) is 6.42 Å². The van der Waals surface area contributed by atoms with Gasteiger partial charge >= 0.3 is 0 Å². The maximum absolute atomic E-state index is 5.68. The first-order valence-electron chi connectivity index (χ1n) is 7.01. The van der Waals surface area contributed by atoms with Crippen molar-refractivity contribution in [2.75, 3.05) is 7.11 Å². The zero-order valence-corrected chi connectivity index (χ0v) is 11.7. The van der Waals surface area contributed by atoms with Crippen molar-refractivity contribution in [1.82, 2.24) is 0 Å². The number of ether oxygens (including phenoxy) is 1. The lowest BCUT2D eigenvalue weighted by Gasteiger charge is -2.13. The van der Waals surface area contributed by atoms with E-state index in [1.807, 2.05) is 0 Å². The molecule has 0 saturated carbocycles. The van der Waals surface area contributed by atoms with E-state index in [1.165, 1.54) is 47.1 Å². The maximum Gasteiger partial charge on any atom is 0.125 e. The standard InChI is InChI=1S/C18H20O/c1-13-6-8-14(9-7-13)12-16-11-10-15-4-3-5-17(15)18(16)19-2/h6-11H,3-5,12H2,1-2H3. The van der Waals surface area contributed by atoms with Gasteiger partial charge in [0.25, 0.3) is 0 Å². The van der Waals surface area contributed by atoms with Gasteiger partial charge in [0.1, 0.15) is 5.75 Å². The van der Waals surface area contributed by atoms with Crippen LogP contribution in [-0.2, 0) is 19.3 Å². The second kappa shape index (κ2) is 5.08. The number of benzene rings is 2. The molecule has 98 valence electrons. The highest BCUT2D eigenvalue weighted by atomic mass is 16.5. The molecule has 19 heavy (non-hydrogen) atoms. The van der Waals surface area contributed by atoms with Gasteiger partial charge < -0.3 is 4.74 Å². The molecule has 0 radical (unpaired) electrons. The molecule has 0 spiro atoms. The fourth-order valence-electron chi connectivity index (χ4n) is 3.00. The average molecular weight is 252 g/mol. The molecule has 0 aliphatic heterocycles. The molecule has 0 atom stereocenters. The van der Waals surface area contributed by atoms with Crippen LogP contribution < -0.4 is 4.74 Å². The number of fused-ring (bicyclic) bond motifs is 1. The van der Waals surface area contributed by atoms with Crippen molar-refractivity contribution in [3.63, 3.8) is 0 Å². The van der Waals surface area contributed by atoms with Crippen molar-refractivity contribution < 1.29 is 4.74 Å². The summed E-state index contributed by atoms with van der Waals surface area (Å²) in [6, 6.07) is 13.3. The molecule has 2 aromatic rings. The van der Waals surface area contributed by atoms with Gasteiger partial charge in [0.15, 0.2) is 0 Å². The Hall–Kier alpha value is -1.76. The van der Waals surface area contributed by atoms with E-state index in [1.54, 1.807) is 7.11 Å². The Morgan fingerprint density at radius 1 is 1.00 bits per heavy atom. The molecule has 0 N–H and O–H groups in total. The van der Waals surface area contributed by atoms with Crippen molar-refractivity contribution in [2.24, 2.45) is 0 Å². The van der Waals surface area contributed by atoms with Gasteiger partial charge in [-0.05, 0) is 48.4 Å². The van der Waals surface area contributed by atoms with Gasteiger partial charge in [-0.1, -0.05) is 42.0 Å². The van der Waals surface area contributed by atoms with Gasteiger partial charge in [-0.25, -0.2) is 0 Å². The van der Waals surface area contributed by atoms with E-state index in [0.29, 0.717) is 0 Å². The van der Waals surface area contributed by atoms with E-state index in [-0.39, 0.29) is 0 Å². The molecule has 1 aliphatic rings. The number of rotatable bonds is 3. The second-order valence-electron chi connectivity index (χ2n) is 5.41. The SMILES string of the molecule is COc1c(Cc2ccc(C)cc2)ccc2c1CCC2. The molecule has 0 amide bonds. The van der Waals surface area contributed by atoms with E-state index in [2.05, 4.69) is 43.3 Å². The Morgan fingerprint density at radius 3 is 2.53 bits per heavy atom. The molecule has 0 heterocycles. The highest BCUT2D eigenvalue weighted by molar-refractivity contribution is 5.50. The van der Waals surface area contributed by atoms with E-state index in [9.17, 15) is 0 Å². The number of methoxy groups -OCH3 is 1. The van der Waals surface area contributed by atoms with Crippen molar-refractivity contribution in [2.45, 2.75) is 32.6 Å². The van der Waals surface area contributed by atoms with Gasteiger partial charge in [-0.15, -0.1) is 0 Å². The van der Waals surface area contributed by atoms with Gasteiger partial charge in [0.05, 0.1) is 7.11 Å². The summed E-state index contributed by atoms with van der Waals surface area (Å²) < 4.78 is 5.68. The summed E-state index contributed by atoms with van der Waals surface area (Å²) >= 11 is 0. The van der Waals surface area contributed by atoms with Crippen molar-refractivity contribution in [3.05, 3.63) is 64.2 Å². The topological polar surface area (TPSA) is 9.23 Å². The lowest BCUT2D eigenvalue weighted by molar-refractivity contribution is 0.406. The molecule has 0 fully saturated rings. The van der Waals surface area contributed by atoms with Crippen LogP contribution in [0.3, 0.4) is 0 Å². The molecule has 0 saturated heterocycles. The minimum Gasteiger partial charge on any atom is -0.496 e. The highest BCUT2D eigenvalue weighted by Crippen LogP contribution is 2.34. The minimum absolute atomic E-state index is 0.955. The molecule has 1 nitrogen and oxygen atoms in total. The summed E-state index contributed by atoms with van der Waals surface area (Å²) in [5.74, 6) is 1.12. The summed E-state index contributed by atoms with van der Waals surface area (Å²) in [5, 5.41) is 0. The molecule has 0 bridgehead atoms. The van der Waals surface area contributed by atoms with Gasteiger partial charge in [0.2, 0.25) is 0 Å². The average Bonchev–Trinajstić information content (AvgIpc) is 2.89. The first-order valence-corrected chi connectivity index (χ1v) is 7.01. The smallest absolute Gasteiger partial charge is 0.125 e. The summed E-state index contributed by atoms with van der Waals surface area (Å²) in [5.41, 5.74) is 6.88. The van der Waals surface area contributed by atoms with E-state index >= 15 is 0 Å². The number of hydrogen-bond donors (Lipinski definition) is 0. The molecule has 2 aromatic carbocycles. The van der Waals surface area contributed by atoms with Crippen LogP contribution in [0.25, 0.3) is 0 Å². The first-order chi connectivity index (χ1) is 9.28. The molecular formula is C18H20O. The van der Waals surface area contributed by atoms with Crippen LogP contribution in [0.15, 0.2) is 36.4 Å². The molecule has 0 aromatic heterocycles. The molecule has 0 unspecified atom stereocenters. The van der Waals surface area contributed by atoms with Crippen LogP contribution in [-0.4, -0.2) is 7.11 Å². The Bertz CT molecular complexity index is 581. The lowest BCUT2D eigenvalue weighted by Crippen LogP contribution is -1.98. The van der Waals surface area contributed by atoms with Crippen LogP contribution in [0.1, 0.15) is 34.2 Å². The van der Waals surface area contributed by atoms with Gasteiger partial charge in [-0.3, -0.25) is 0 Å². The van der Waals surface area contributed by atoms with Crippen LogP contribution in [0.5, 0.6) is 5.75 Å². The zero-order valence-electron chi connectivity index (χ0n) is 11.7. The second-order valence-corrected chi connectivity index (χ2v) is 5.41. The minimum atomic E-state index is 0.955. The lowest BCUT2D eigenvalue weighted by atomic mass is 9.98. The quantitative estimate of drug-likeness (QED) is 0.799. The summed E-state index contributed by atoms with van der Waals surface area (Å²) in [6.45, 7) is 2.12. The van der Waals surface area contributed by atoms with Crippen LogP contribution in [0, 0.1) is 6.92 Å². The van der Waals surface area contributed by atoms with Crippen molar-refractivity contribution in [3.8, 4) is 5.75 Å². The number of hydrogen-bond acceptors (Lipinski definition) is 1. The Kier molecular flexibility index (Phi) is 3.29. The fourth-order valence-corrected chi connectivity index (χ4v) is 3.00. The summed E-state index contributed by atoms with van der Waals surface area (Å²) in [6.07, 6.45) is 4.59. The normalized spacial score (nSPS) is 13.4. The first kappa shape index (κ1) is 12.3. The zero-order chi connectivity index (χ0) is 13.2. The predicted octanol–water partition coefficient (Wildman–Crippen LogP) is 4.08. The fraction of sp³-hybridized carbons (Fsp3) is 0.333. The highest BCUT2D eigenvalue weighted by Gasteiger charge is 2.18. The molecule has 1 aliphatic carbocycles. The van der Waals surface area contributed by atoms with E-state index in [4.69, 9.17) is 4.74 Å². The largest absolute Gasteiger partial charge is 0.496 e. The third kappa shape index (κ3) is 2.37. The Labute approximate surface area is 115 Å². The number of aryl methyl sites for hydroxylation is 2. The third-order valence-corrected chi connectivity index (χ3v) is 4.03. The van der Waals surface area contributed by atoms with E-state index in [0.717, 1.165) is 12.2 Å². The van der Waals surface area contributed by atoms with Gasteiger partial charge in [-0.2, -0.15) is 0 Å². The summed E-state index contributed by atoms with van der Waals surface area (Å²) in [7, 11) is 1.80. The Morgan fingerprint density at radius 2 is 1.79 bits per heavy atom. The van der Waals surface area contributed by atoms with Crippen LogP contribution in [0.4, 0.5) is 0 Å². The molecule has 1 heteroatoms. The maximum atomic E-state index is 5.68. The molecular weight excluding hydrogens is 232 g/mol. The summed E-state index contributed by atoms with van der Waals surface area (Å²) in [4.78, 5) is 0.